The fraction of sp³-hybridized carbons (Fsp3) is 1.00. The van der Waals surface area contributed by atoms with E-state index in [9.17, 15) is 10.2 Å². The maximum absolute atomic E-state index is 9.25. The maximum atomic E-state index is 9.25. The summed E-state index contributed by atoms with van der Waals surface area (Å²) >= 11 is 0. The highest BCUT2D eigenvalue weighted by atomic mass is 31.2. The van der Waals surface area contributed by atoms with E-state index in [1.54, 1.807) is 0 Å². The van der Waals surface area contributed by atoms with Crippen molar-refractivity contribution in [2.24, 2.45) is 5.41 Å². The van der Waals surface area contributed by atoms with Crippen LogP contribution in [0.3, 0.4) is 0 Å². The summed E-state index contributed by atoms with van der Waals surface area (Å²) in [6, 6.07) is 0. The molecule has 0 radical (unpaired) electrons. The maximum Gasteiger partial charge on any atom is 0.327 e. The number of aliphatic hydroxyl groups excluding tert-OH is 2. The highest BCUT2D eigenvalue weighted by Crippen LogP contribution is 2.32. The second-order valence-corrected chi connectivity index (χ2v) is 4.92. The van der Waals surface area contributed by atoms with E-state index in [0.29, 0.717) is 6.42 Å². The van der Waals surface area contributed by atoms with Crippen LogP contribution in [-0.2, 0) is 4.52 Å². The van der Waals surface area contributed by atoms with Crippen LogP contribution in [0.25, 0.3) is 0 Å². The molecular weight excluding hydrogens is 231 g/mol. The van der Waals surface area contributed by atoms with Crippen molar-refractivity contribution in [1.29, 1.82) is 0 Å². The molecule has 6 heteroatoms. The van der Waals surface area contributed by atoms with Crippen molar-refractivity contribution in [3.8, 4) is 0 Å². The van der Waals surface area contributed by atoms with E-state index in [-0.39, 0.29) is 19.8 Å². The zero-order chi connectivity index (χ0) is 12.4. The van der Waals surface area contributed by atoms with E-state index in [1.807, 2.05) is 0 Å². The summed E-state index contributed by atoms with van der Waals surface area (Å²) in [6.45, 7) is 1.67. The van der Waals surface area contributed by atoms with Crippen LogP contribution < -0.4 is 0 Å². The third-order valence-electron chi connectivity index (χ3n) is 2.72. The summed E-state index contributed by atoms with van der Waals surface area (Å²) in [5.41, 5.74) is -0.750. The Labute approximate surface area is 98.1 Å². The Morgan fingerprint density at radius 2 is 1.69 bits per heavy atom. The van der Waals surface area contributed by atoms with Gasteiger partial charge < -0.3 is 24.5 Å². The van der Waals surface area contributed by atoms with Crippen LogP contribution in [0.5, 0.6) is 0 Å². The lowest BCUT2D eigenvalue weighted by molar-refractivity contribution is 0.00286. The molecule has 5 nitrogen and oxygen atoms in total. The predicted molar refractivity (Wildman–Crippen MR) is 62.7 cm³/mol. The van der Waals surface area contributed by atoms with E-state index in [2.05, 4.69) is 6.92 Å². The van der Waals surface area contributed by atoms with Gasteiger partial charge >= 0.3 is 8.60 Å². The highest BCUT2D eigenvalue weighted by Gasteiger charge is 2.29. The second-order valence-electron chi connectivity index (χ2n) is 4.15. The van der Waals surface area contributed by atoms with Gasteiger partial charge in [0, 0.05) is 5.41 Å². The quantitative estimate of drug-likeness (QED) is 0.347. The van der Waals surface area contributed by atoms with E-state index >= 15 is 0 Å². The minimum absolute atomic E-state index is 0.0230. The molecule has 0 rings (SSSR count). The first kappa shape index (κ1) is 16.2. The molecule has 0 aliphatic carbocycles. The van der Waals surface area contributed by atoms with Gasteiger partial charge in [0.2, 0.25) is 0 Å². The van der Waals surface area contributed by atoms with Crippen molar-refractivity contribution >= 4 is 8.60 Å². The first-order valence-electron chi connectivity index (χ1n) is 5.63. The van der Waals surface area contributed by atoms with Crippen LogP contribution in [0.2, 0.25) is 0 Å². The molecule has 0 aliphatic rings. The molecule has 0 atom stereocenters. The molecule has 0 unspecified atom stereocenters. The van der Waals surface area contributed by atoms with Crippen LogP contribution in [0.15, 0.2) is 0 Å². The molecule has 0 fully saturated rings. The largest absolute Gasteiger partial charge is 0.396 e. The monoisotopic (exact) mass is 254 g/mol. The topological polar surface area (TPSA) is 90.2 Å². The Bertz CT molecular complexity index is 161. The molecule has 0 aromatic rings. The van der Waals surface area contributed by atoms with Crippen LogP contribution in [0, 0.1) is 5.41 Å². The number of rotatable bonds is 10. The van der Waals surface area contributed by atoms with Crippen molar-refractivity contribution < 1.29 is 24.5 Å². The summed E-state index contributed by atoms with van der Waals surface area (Å²) in [5, 5.41) is 18.5. The Hall–Kier alpha value is 0.230. The number of hydrogen-bond acceptors (Lipinski definition) is 5. The molecule has 0 saturated carbocycles. The Balaban J connectivity index is 4.00. The van der Waals surface area contributed by atoms with Gasteiger partial charge in [-0.3, -0.25) is 0 Å². The third-order valence-corrected chi connectivity index (χ3v) is 3.08. The molecular formula is C10H23O5P. The summed E-state index contributed by atoms with van der Waals surface area (Å²) in [7, 11) is -2.42. The van der Waals surface area contributed by atoms with Gasteiger partial charge in [-0.2, -0.15) is 0 Å². The lowest BCUT2D eigenvalue weighted by Gasteiger charge is -2.29. The second kappa shape index (κ2) is 9.28. The van der Waals surface area contributed by atoms with E-state index in [1.165, 1.54) is 0 Å². The Kier molecular flexibility index (Phi) is 9.41. The number of aliphatic hydroxyl groups is 2. The molecule has 0 aliphatic heterocycles. The number of unbranched alkanes of at least 4 members (excludes halogenated alkanes) is 3. The fourth-order valence-corrected chi connectivity index (χ4v) is 1.88. The van der Waals surface area contributed by atoms with Crippen molar-refractivity contribution in [1.82, 2.24) is 0 Å². The SMILES string of the molecule is CCCCCCC(CO)(CO)COP(O)O. The molecule has 16 heavy (non-hydrogen) atoms. The third kappa shape index (κ3) is 6.74. The fourth-order valence-electron chi connectivity index (χ4n) is 1.49. The molecule has 0 aromatic heterocycles. The lowest BCUT2D eigenvalue weighted by Crippen LogP contribution is -2.34. The summed E-state index contributed by atoms with van der Waals surface area (Å²) in [6.07, 6.45) is 4.82. The van der Waals surface area contributed by atoms with Gasteiger partial charge in [-0.15, -0.1) is 0 Å². The molecule has 0 saturated heterocycles. The zero-order valence-corrected chi connectivity index (χ0v) is 10.7. The highest BCUT2D eigenvalue weighted by molar-refractivity contribution is 7.39. The van der Waals surface area contributed by atoms with Crippen molar-refractivity contribution in [2.45, 2.75) is 39.0 Å². The normalized spacial score (nSPS) is 12.4. The van der Waals surface area contributed by atoms with Crippen LogP contribution in [0.1, 0.15) is 39.0 Å². The van der Waals surface area contributed by atoms with Crippen LogP contribution >= 0.6 is 8.60 Å². The van der Waals surface area contributed by atoms with Gasteiger partial charge in [0.05, 0.1) is 19.8 Å². The minimum atomic E-state index is -2.42. The Morgan fingerprint density at radius 1 is 1.06 bits per heavy atom. The summed E-state index contributed by atoms with van der Waals surface area (Å²) in [5.74, 6) is 0. The standard InChI is InChI=1S/C10H23O5P/c1-2-3-4-5-6-10(7-11,8-12)9-15-16(13)14/h11-14H,2-9H2,1H3. The van der Waals surface area contributed by atoms with Crippen molar-refractivity contribution in [2.75, 3.05) is 19.8 Å². The average molecular weight is 254 g/mol. The van der Waals surface area contributed by atoms with E-state index in [4.69, 9.17) is 14.3 Å². The van der Waals surface area contributed by atoms with Gasteiger partial charge in [0.15, 0.2) is 0 Å². The summed E-state index contributed by atoms with van der Waals surface area (Å²) < 4.78 is 4.70. The molecule has 0 aromatic carbocycles. The van der Waals surface area contributed by atoms with Gasteiger partial charge in [-0.25, -0.2) is 0 Å². The van der Waals surface area contributed by atoms with Gasteiger partial charge in [-0.05, 0) is 6.42 Å². The molecule has 4 N–H and O–H groups in total. The van der Waals surface area contributed by atoms with Gasteiger partial charge in [0.25, 0.3) is 0 Å². The predicted octanol–water partition coefficient (Wildman–Crippen LogP) is 1.16. The molecule has 0 heterocycles. The van der Waals surface area contributed by atoms with Gasteiger partial charge in [0.1, 0.15) is 0 Å². The van der Waals surface area contributed by atoms with Crippen LogP contribution in [-0.4, -0.2) is 39.8 Å². The smallest absolute Gasteiger partial charge is 0.327 e. The molecule has 0 spiro atoms. The molecule has 0 amide bonds. The first-order valence-corrected chi connectivity index (χ1v) is 6.79. The molecule has 98 valence electrons. The van der Waals surface area contributed by atoms with Gasteiger partial charge in [-0.1, -0.05) is 32.6 Å². The first-order chi connectivity index (χ1) is 7.60. The van der Waals surface area contributed by atoms with Crippen molar-refractivity contribution in [3.05, 3.63) is 0 Å². The Morgan fingerprint density at radius 3 is 2.12 bits per heavy atom. The van der Waals surface area contributed by atoms with Crippen LogP contribution in [0.4, 0.5) is 0 Å². The van der Waals surface area contributed by atoms with Crippen molar-refractivity contribution in [3.63, 3.8) is 0 Å². The zero-order valence-electron chi connectivity index (χ0n) is 9.80. The van der Waals surface area contributed by atoms with E-state index in [0.717, 1.165) is 25.7 Å². The minimum Gasteiger partial charge on any atom is -0.396 e. The number of hydrogen-bond donors (Lipinski definition) is 4. The lowest BCUT2D eigenvalue weighted by atomic mass is 9.85. The van der Waals surface area contributed by atoms with E-state index < -0.39 is 14.0 Å². The molecule has 0 bridgehead atoms. The summed E-state index contributed by atoms with van der Waals surface area (Å²) in [4.78, 5) is 17.3. The average Bonchev–Trinajstić information content (AvgIpc) is 2.29.